The number of nitrogens with zero attached hydrogens (tertiary/aromatic N) is 5. The molecule has 156 valence electrons. The molecule has 8 heteroatoms. The van der Waals surface area contributed by atoms with Crippen LogP contribution in [-0.4, -0.2) is 66.3 Å². The van der Waals surface area contributed by atoms with Crippen molar-refractivity contribution in [3.05, 3.63) is 42.5 Å². The molecule has 0 aliphatic carbocycles. The van der Waals surface area contributed by atoms with E-state index in [1.807, 2.05) is 25.2 Å². The molecule has 1 saturated heterocycles. The number of carbonyl (C=O) groups is 1. The van der Waals surface area contributed by atoms with Gasteiger partial charge in [-0.25, -0.2) is 14.4 Å². The Morgan fingerprint density at radius 3 is 2.62 bits per heavy atom. The van der Waals surface area contributed by atoms with Gasteiger partial charge in [0.05, 0.1) is 11.4 Å². The molecule has 1 amide bonds. The van der Waals surface area contributed by atoms with Crippen molar-refractivity contribution in [3.8, 4) is 0 Å². The van der Waals surface area contributed by atoms with Gasteiger partial charge in [-0.3, -0.25) is 4.79 Å². The zero-order chi connectivity index (χ0) is 20.6. The fourth-order valence-electron chi connectivity index (χ4n) is 3.23. The lowest BCUT2D eigenvalue weighted by Crippen LogP contribution is -2.47. The predicted molar refractivity (Wildman–Crippen MR) is 116 cm³/mol. The van der Waals surface area contributed by atoms with E-state index >= 15 is 0 Å². The van der Waals surface area contributed by atoms with Crippen molar-refractivity contribution in [1.82, 2.24) is 14.9 Å². The minimum absolute atomic E-state index is 0.113. The van der Waals surface area contributed by atoms with Gasteiger partial charge in [0.1, 0.15) is 23.0 Å². The number of halogens is 1. The van der Waals surface area contributed by atoms with Crippen LogP contribution in [0.25, 0.3) is 0 Å². The maximum Gasteiger partial charge on any atom is 0.232 e. The van der Waals surface area contributed by atoms with Crippen LogP contribution in [-0.2, 0) is 4.79 Å². The summed E-state index contributed by atoms with van der Waals surface area (Å²) in [7, 11) is 1.85. The molecular weight excluding hydrogens is 389 g/mol. The number of unbranched alkanes of at least 4 members (excludes halogenated alkanes) is 1. The first-order valence-electron chi connectivity index (χ1n) is 10.0. The van der Waals surface area contributed by atoms with Crippen LogP contribution < -0.4 is 9.80 Å². The Balaban J connectivity index is 1.54. The van der Waals surface area contributed by atoms with Crippen LogP contribution in [0.15, 0.2) is 41.7 Å². The van der Waals surface area contributed by atoms with Crippen LogP contribution in [0.2, 0.25) is 0 Å². The molecule has 1 aliphatic rings. The largest absolute Gasteiger partial charge is 0.366 e. The van der Waals surface area contributed by atoms with Crippen molar-refractivity contribution >= 4 is 29.2 Å². The van der Waals surface area contributed by atoms with Gasteiger partial charge in [-0.15, -0.1) is 0 Å². The fourth-order valence-corrected chi connectivity index (χ4v) is 4.03. The smallest absolute Gasteiger partial charge is 0.232 e. The number of carbonyl (C=O) groups excluding carboxylic acids is 1. The molecule has 2 heterocycles. The van der Waals surface area contributed by atoms with Crippen LogP contribution >= 0.6 is 11.8 Å². The van der Waals surface area contributed by atoms with Crippen molar-refractivity contribution in [1.29, 1.82) is 0 Å². The van der Waals surface area contributed by atoms with Crippen LogP contribution in [0.1, 0.15) is 19.8 Å². The number of benzene rings is 1. The molecule has 1 fully saturated rings. The molecule has 0 bridgehead atoms. The second kappa shape index (κ2) is 10.4. The highest BCUT2D eigenvalue weighted by molar-refractivity contribution is 7.99. The Morgan fingerprint density at radius 2 is 1.90 bits per heavy atom. The Morgan fingerprint density at radius 1 is 1.17 bits per heavy atom. The first kappa shape index (κ1) is 21.4. The predicted octanol–water partition coefficient (Wildman–Crippen LogP) is 3.29. The van der Waals surface area contributed by atoms with Gasteiger partial charge in [-0.2, -0.15) is 0 Å². The highest BCUT2D eigenvalue weighted by Crippen LogP contribution is 2.24. The third-order valence-electron chi connectivity index (χ3n) is 5.04. The normalized spacial score (nSPS) is 14.2. The molecule has 0 radical (unpaired) electrons. The molecule has 3 rings (SSSR count). The van der Waals surface area contributed by atoms with Gasteiger partial charge in [-0.05, 0) is 18.6 Å². The van der Waals surface area contributed by atoms with E-state index in [0.717, 1.165) is 56.4 Å². The monoisotopic (exact) mass is 417 g/mol. The van der Waals surface area contributed by atoms with Crippen molar-refractivity contribution < 1.29 is 9.18 Å². The third-order valence-corrected chi connectivity index (χ3v) is 5.95. The summed E-state index contributed by atoms with van der Waals surface area (Å²) in [5.74, 6) is 1.15. The van der Waals surface area contributed by atoms with Gasteiger partial charge in [0.2, 0.25) is 5.91 Å². The molecule has 1 aliphatic heterocycles. The number of anilines is 2. The van der Waals surface area contributed by atoms with Crippen LogP contribution in [0.4, 0.5) is 15.9 Å². The van der Waals surface area contributed by atoms with Crippen LogP contribution in [0, 0.1) is 5.82 Å². The van der Waals surface area contributed by atoms with E-state index in [1.165, 1.54) is 17.8 Å². The molecule has 0 saturated carbocycles. The molecular formula is C21H28FN5OS. The molecule has 0 N–H and O–H groups in total. The van der Waals surface area contributed by atoms with Gasteiger partial charge in [-0.1, -0.05) is 37.2 Å². The zero-order valence-electron chi connectivity index (χ0n) is 17.1. The summed E-state index contributed by atoms with van der Waals surface area (Å²) in [6.07, 6.45) is 3.64. The van der Waals surface area contributed by atoms with E-state index in [2.05, 4.69) is 26.7 Å². The Bertz CT molecular complexity index is 813. The molecule has 6 nitrogen and oxygen atoms in total. The van der Waals surface area contributed by atoms with Crippen molar-refractivity contribution in [2.45, 2.75) is 24.8 Å². The highest BCUT2D eigenvalue weighted by Gasteiger charge is 2.20. The number of piperazine rings is 1. The Hall–Kier alpha value is -2.35. The molecule has 1 aromatic carbocycles. The first-order valence-corrected chi connectivity index (χ1v) is 11.0. The number of thioether (sulfide) groups is 1. The topological polar surface area (TPSA) is 52.6 Å². The average Bonchev–Trinajstić information content (AvgIpc) is 2.76. The van der Waals surface area contributed by atoms with E-state index in [4.69, 9.17) is 0 Å². The van der Waals surface area contributed by atoms with Crippen LogP contribution in [0.5, 0.6) is 0 Å². The van der Waals surface area contributed by atoms with E-state index in [9.17, 15) is 9.18 Å². The minimum Gasteiger partial charge on any atom is -0.366 e. The van der Waals surface area contributed by atoms with E-state index in [0.29, 0.717) is 11.4 Å². The lowest BCUT2D eigenvalue weighted by Gasteiger charge is -2.36. The number of rotatable bonds is 8. The summed E-state index contributed by atoms with van der Waals surface area (Å²) in [5.41, 5.74) is 0.650. The average molecular weight is 418 g/mol. The highest BCUT2D eigenvalue weighted by atomic mass is 32.2. The zero-order valence-corrected chi connectivity index (χ0v) is 17.9. The molecule has 2 aromatic rings. The molecule has 29 heavy (non-hydrogen) atoms. The van der Waals surface area contributed by atoms with Gasteiger partial charge in [0.25, 0.3) is 0 Å². The number of para-hydroxylation sites is 1. The molecule has 0 spiro atoms. The minimum atomic E-state index is -0.185. The second-order valence-electron chi connectivity index (χ2n) is 7.10. The summed E-state index contributed by atoms with van der Waals surface area (Å²) in [5, 5.41) is 0.795. The summed E-state index contributed by atoms with van der Waals surface area (Å²) in [6.45, 7) is 5.88. The first-order chi connectivity index (χ1) is 14.1. The summed E-state index contributed by atoms with van der Waals surface area (Å²) in [4.78, 5) is 26.9. The quantitative estimate of drug-likeness (QED) is 0.485. The van der Waals surface area contributed by atoms with Gasteiger partial charge in [0, 0.05) is 45.8 Å². The Labute approximate surface area is 176 Å². The van der Waals surface area contributed by atoms with Gasteiger partial charge < -0.3 is 14.7 Å². The summed E-state index contributed by atoms with van der Waals surface area (Å²) in [6, 6.07) is 8.82. The van der Waals surface area contributed by atoms with E-state index in [-0.39, 0.29) is 11.7 Å². The summed E-state index contributed by atoms with van der Waals surface area (Å²) < 4.78 is 14.0. The number of amides is 1. The van der Waals surface area contributed by atoms with Crippen LogP contribution in [0.3, 0.4) is 0 Å². The van der Waals surface area contributed by atoms with Crippen molar-refractivity contribution in [3.63, 3.8) is 0 Å². The lowest BCUT2D eigenvalue weighted by molar-refractivity contribution is -0.127. The number of aromatic nitrogens is 2. The maximum atomic E-state index is 14.0. The van der Waals surface area contributed by atoms with Crippen molar-refractivity contribution in [2.24, 2.45) is 0 Å². The second-order valence-corrected chi connectivity index (χ2v) is 8.09. The van der Waals surface area contributed by atoms with Gasteiger partial charge >= 0.3 is 0 Å². The molecule has 0 atom stereocenters. The molecule has 1 aromatic heterocycles. The van der Waals surface area contributed by atoms with E-state index < -0.39 is 0 Å². The third kappa shape index (κ3) is 5.82. The van der Waals surface area contributed by atoms with E-state index in [1.54, 1.807) is 17.3 Å². The SMILES string of the molecule is CCCCN(C)C(=O)CSc1cc(N2CCN(c3ccccc3F)CC2)ncn1. The summed E-state index contributed by atoms with van der Waals surface area (Å²) >= 11 is 1.44. The standard InChI is InChI=1S/C21H28FN5OS/c1-3-4-9-25(2)21(28)15-29-20-14-19(23-16-24-20)27-12-10-26(11-13-27)18-8-6-5-7-17(18)22/h5-8,14,16H,3-4,9-13,15H2,1-2H3. The fraction of sp³-hybridized carbons (Fsp3) is 0.476. The molecule has 0 unspecified atom stereocenters. The lowest BCUT2D eigenvalue weighted by atomic mass is 10.2. The number of hydrogen-bond donors (Lipinski definition) is 0. The Kier molecular flexibility index (Phi) is 7.69. The van der Waals surface area contributed by atoms with Gasteiger partial charge in [0.15, 0.2) is 0 Å². The number of hydrogen-bond acceptors (Lipinski definition) is 6. The maximum absolute atomic E-state index is 14.0. The van der Waals surface area contributed by atoms with Crippen molar-refractivity contribution in [2.75, 3.05) is 55.3 Å².